The van der Waals surface area contributed by atoms with E-state index in [1.165, 1.54) is 0 Å². The number of ether oxygens (including phenoxy) is 1. The minimum Gasteiger partial charge on any atom is -0.379 e. The van der Waals surface area contributed by atoms with Gasteiger partial charge in [-0.3, -0.25) is 14.5 Å². The summed E-state index contributed by atoms with van der Waals surface area (Å²) in [4.78, 5) is 26.4. The van der Waals surface area contributed by atoms with Crippen molar-refractivity contribution in [2.45, 2.75) is 26.1 Å². The Morgan fingerprint density at radius 1 is 1.14 bits per heavy atom. The number of carbonyl (C=O) groups excluding carboxylic acids is 2. The monoisotopic (exact) mass is 413 g/mol. The highest BCUT2D eigenvalue weighted by atomic mass is 35.5. The predicted molar refractivity (Wildman–Crippen MR) is 111 cm³/mol. The Labute approximate surface area is 175 Å². The van der Waals surface area contributed by atoms with E-state index in [0.717, 1.165) is 60.1 Å². The van der Waals surface area contributed by atoms with Crippen LogP contribution in [-0.2, 0) is 35.6 Å². The average molecular weight is 414 g/mol. The van der Waals surface area contributed by atoms with Crippen LogP contribution in [0.1, 0.15) is 32.6 Å². The molecule has 0 radical (unpaired) electrons. The zero-order chi connectivity index (χ0) is 20.2. The van der Waals surface area contributed by atoms with E-state index in [1.54, 1.807) is 0 Å². The minimum absolute atomic E-state index is 0.0359. The zero-order valence-electron chi connectivity index (χ0n) is 16.2. The molecule has 1 fully saturated rings. The highest BCUT2D eigenvalue weighted by Crippen LogP contribution is 2.21. The average Bonchev–Trinajstić information content (AvgIpc) is 3.10. The molecule has 6 nitrogen and oxygen atoms in total. The Morgan fingerprint density at radius 2 is 1.93 bits per heavy atom. The second-order valence-corrected chi connectivity index (χ2v) is 7.85. The van der Waals surface area contributed by atoms with Crippen LogP contribution >= 0.6 is 11.6 Å². The first-order valence-electron chi connectivity index (χ1n) is 9.82. The smallest absolute Gasteiger partial charge is 0.251 e. The quantitative estimate of drug-likeness (QED) is 0.762. The number of halogens is 1. The molecule has 2 aliphatic heterocycles. The molecule has 2 heterocycles. The molecule has 0 saturated carbocycles. The van der Waals surface area contributed by atoms with Crippen LogP contribution in [0.15, 0.2) is 36.4 Å². The van der Waals surface area contributed by atoms with Gasteiger partial charge in [0.05, 0.1) is 19.6 Å². The fourth-order valence-electron chi connectivity index (χ4n) is 3.70. The molecule has 0 aliphatic carbocycles. The number of morpholine rings is 1. The molecule has 0 atom stereocenters. The van der Waals surface area contributed by atoms with Gasteiger partial charge in [0.1, 0.15) is 0 Å². The zero-order valence-corrected chi connectivity index (χ0v) is 16.9. The predicted octanol–water partition coefficient (Wildman–Crippen LogP) is 2.27. The van der Waals surface area contributed by atoms with E-state index in [-0.39, 0.29) is 11.8 Å². The maximum Gasteiger partial charge on any atom is 0.251 e. The molecular formula is C22H24ClN3O3. The summed E-state index contributed by atoms with van der Waals surface area (Å²) in [5.74, 6) is -0.0782. The van der Waals surface area contributed by atoms with E-state index in [1.807, 2.05) is 36.4 Å². The van der Waals surface area contributed by atoms with Gasteiger partial charge in [0.15, 0.2) is 0 Å². The van der Waals surface area contributed by atoms with Crippen LogP contribution in [0.25, 0.3) is 0 Å². The van der Waals surface area contributed by atoms with Crippen LogP contribution < -0.4 is 10.6 Å². The summed E-state index contributed by atoms with van der Waals surface area (Å²) in [5.41, 5.74) is 4.66. The third kappa shape index (κ3) is 4.96. The molecule has 2 aromatic carbocycles. The van der Waals surface area contributed by atoms with Crippen molar-refractivity contribution < 1.29 is 14.3 Å². The summed E-state index contributed by atoms with van der Waals surface area (Å²) in [6.07, 6.45) is 0.304. The van der Waals surface area contributed by atoms with Gasteiger partial charge >= 0.3 is 0 Å². The lowest BCUT2D eigenvalue weighted by Crippen LogP contribution is -2.35. The Bertz CT molecular complexity index is 926. The minimum atomic E-state index is -0.0423. The lowest BCUT2D eigenvalue weighted by Gasteiger charge is -2.27. The number of rotatable bonds is 6. The first-order chi connectivity index (χ1) is 14.1. The van der Waals surface area contributed by atoms with Gasteiger partial charge in [-0.15, -0.1) is 0 Å². The second-order valence-electron chi connectivity index (χ2n) is 7.44. The van der Waals surface area contributed by atoms with Crippen molar-refractivity contribution in [1.82, 2.24) is 15.5 Å². The summed E-state index contributed by atoms with van der Waals surface area (Å²) in [7, 11) is 0. The largest absolute Gasteiger partial charge is 0.379 e. The second kappa shape index (κ2) is 8.95. The molecule has 2 N–H and O–H groups in total. The van der Waals surface area contributed by atoms with Crippen molar-refractivity contribution >= 4 is 23.4 Å². The number of benzene rings is 2. The highest BCUT2D eigenvalue weighted by Gasteiger charge is 2.18. The Morgan fingerprint density at radius 3 is 2.76 bits per heavy atom. The van der Waals surface area contributed by atoms with E-state index >= 15 is 0 Å². The van der Waals surface area contributed by atoms with Crippen molar-refractivity contribution in [1.29, 1.82) is 0 Å². The molecule has 2 aromatic rings. The number of nitrogens with zero attached hydrogens (tertiary/aromatic N) is 1. The van der Waals surface area contributed by atoms with Crippen molar-refractivity contribution in [3.05, 3.63) is 69.2 Å². The van der Waals surface area contributed by atoms with Crippen LogP contribution in [0, 0.1) is 0 Å². The summed E-state index contributed by atoms with van der Waals surface area (Å²) in [6, 6.07) is 11.4. The summed E-state index contributed by atoms with van der Waals surface area (Å²) >= 11 is 6.36. The molecule has 0 bridgehead atoms. The summed E-state index contributed by atoms with van der Waals surface area (Å²) < 4.78 is 5.39. The molecule has 0 aromatic heterocycles. The van der Waals surface area contributed by atoms with Crippen molar-refractivity contribution in [3.8, 4) is 0 Å². The molecule has 2 amide bonds. The number of nitrogens with one attached hydrogen (secondary N) is 2. The maximum atomic E-state index is 12.4. The topological polar surface area (TPSA) is 70.7 Å². The molecule has 1 saturated heterocycles. The standard InChI is InChI=1S/C22H24ClN3O3/c23-20-4-2-15(9-18(20)14-26-5-7-29-8-6-26)11-21(27)24-12-16-1-3-19-17(10-16)13-25-22(19)28/h1-4,9-10H,5-8,11-14H2,(H,24,27)(H,25,28). The van der Waals surface area contributed by atoms with Gasteiger partial charge in [-0.25, -0.2) is 0 Å². The number of hydrogen-bond donors (Lipinski definition) is 2. The number of hydrogen-bond acceptors (Lipinski definition) is 4. The SMILES string of the molecule is O=C(Cc1ccc(Cl)c(CN2CCOCC2)c1)NCc1ccc2c(c1)CNC2=O. The first kappa shape index (κ1) is 19.9. The van der Waals surface area contributed by atoms with Gasteiger partial charge in [0, 0.05) is 43.3 Å². The normalized spacial score (nSPS) is 16.4. The highest BCUT2D eigenvalue weighted by molar-refractivity contribution is 6.31. The van der Waals surface area contributed by atoms with E-state index in [9.17, 15) is 9.59 Å². The fraction of sp³-hybridized carbons (Fsp3) is 0.364. The van der Waals surface area contributed by atoms with Gasteiger partial charge in [0.25, 0.3) is 5.91 Å². The van der Waals surface area contributed by atoms with Crippen molar-refractivity contribution in [3.63, 3.8) is 0 Å². The van der Waals surface area contributed by atoms with Crippen molar-refractivity contribution in [2.75, 3.05) is 26.3 Å². The van der Waals surface area contributed by atoms with Crippen LogP contribution in [0.5, 0.6) is 0 Å². The molecule has 4 rings (SSSR count). The van der Waals surface area contributed by atoms with E-state index in [4.69, 9.17) is 16.3 Å². The van der Waals surface area contributed by atoms with Gasteiger partial charge in [-0.05, 0) is 34.4 Å². The Balaban J connectivity index is 1.33. The third-order valence-corrected chi connectivity index (χ3v) is 5.68. The van der Waals surface area contributed by atoms with Gasteiger partial charge in [-0.1, -0.05) is 35.9 Å². The number of amides is 2. The van der Waals surface area contributed by atoms with Crippen LogP contribution in [0.3, 0.4) is 0 Å². The summed E-state index contributed by atoms with van der Waals surface area (Å²) in [5, 5.41) is 6.49. The molecule has 152 valence electrons. The number of carbonyl (C=O) groups is 2. The van der Waals surface area contributed by atoms with E-state index in [0.29, 0.717) is 25.1 Å². The van der Waals surface area contributed by atoms with E-state index < -0.39 is 0 Å². The number of fused-ring (bicyclic) bond motifs is 1. The van der Waals surface area contributed by atoms with Gasteiger partial charge in [-0.2, -0.15) is 0 Å². The molecule has 7 heteroatoms. The van der Waals surface area contributed by atoms with Crippen molar-refractivity contribution in [2.24, 2.45) is 0 Å². The first-order valence-corrected chi connectivity index (χ1v) is 10.2. The third-order valence-electron chi connectivity index (χ3n) is 5.32. The summed E-state index contributed by atoms with van der Waals surface area (Å²) in [6.45, 7) is 5.02. The molecular weight excluding hydrogens is 390 g/mol. The van der Waals surface area contributed by atoms with Crippen LogP contribution in [0.2, 0.25) is 5.02 Å². The van der Waals surface area contributed by atoms with Gasteiger partial charge < -0.3 is 15.4 Å². The molecule has 0 unspecified atom stereocenters. The molecule has 29 heavy (non-hydrogen) atoms. The van der Waals surface area contributed by atoms with E-state index in [2.05, 4.69) is 15.5 Å². The lowest BCUT2D eigenvalue weighted by molar-refractivity contribution is -0.120. The molecule has 2 aliphatic rings. The lowest BCUT2D eigenvalue weighted by atomic mass is 10.1. The molecule has 0 spiro atoms. The van der Waals surface area contributed by atoms with Crippen LogP contribution in [0.4, 0.5) is 0 Å². The Kier molecular flexibility index (Phi) is 6.13. The fourth-order valence-corrected chi connectivity index (χ4v) is 3.88. The van der Waals surface area contributed by atoms with Gasteiger partial charge in [0.2, 0.25) is 5.91 Å². The maximum absolute atomic E-state index is 12.4. The van der Waals surface area contributed by atoms with Crippen LogP contribution in [-0.4, -0.2) is 43.0 Å². The Hall–Kier alpha value is -2.41.